The van der Waals surface area contributed by atoms with Gasteiger partial charge in [0.2, 0.25) is 0 Å². The fourth-order valence-corrected chi connectivity index (χ4v) is 9.33. The van der Waals surface area contributed by atoms with Gasteiger partial charge in [-0.1, -0.05) is 140 Å². The van der Waals surface area contributed by atoms with Gasteiger partial charge in [0.25, 0.3) is 0 Å². The predicted octanol–water partition coefficient (Wildman–Crippen LogP) is 14.7. The van der Waals surface area contributed by atoms with Crippen LogP contribution in [0.2, 0.25) is 0 Å². The highest BCUT2D eigenvalue weighted by atomic mass is 15.0. The molecule has 0 atom stereocenters. The molecule has 0 aliphatic rings. The summed E-state index contributed by atoms with van der Waals surface area (Å²) in [5, 5.41) is 12.7. The van der Waals surface area contributed by atoms with Gasteiger partial charge in [-0.15, -0.1) is 0 Å². The molecule has 0 spiro atoms. The monoisotopic (exact) mass is 710 g/mol. The summed E-state index contributed by atoms with van der Waals surface area (Å²) in [5.41, 5.74) is 12.0. The quantitative estimate of drug-likeness (QED) is 0.161. The third-order valence-electron chi connectivity index (χ3n) is 11.9. The minimum atomic E-state index is 1.16. The molecule has 2 heteroatoms. The van der Waals surface area contributed by atoms with Gasteiger partial charge in [-0.2, -0.15) is 0 Å². The molecule has 0 amide bonds. The molecule has 0 aliphatic carbocycles. The van der Waals surface area contributed by atoms with E-state index in [0.717, 1.165) is 5.69 Å². The molecule has 10 aromatic carbocycles. The van der Waals surface area contributed by atoms with Gasteiger partial charge in [-0.25, -0.2) is 0 Å². The van der Waals surface area contributed by atoms with Crippen LogP contribution < -0.4 is 0 Å². The van der Waals surface area contributed by atoms with E-state index in [9.17, 15) is 0 Å². The Hall–Kier alpha value is -7.42. The molecule has 2 nitrogen and oxygen atoms in total. The zero-order valence-corrected chi connectivity index (χ0v) is 30.5. The van der Waals surface area contributed by atoms with Gasteiger partial charge < -0.3 is 9.13 Å². The van der Waals surface area contributed by atoms with Crippen LogP contribution in [0.25, 0.3) is 110 Å². The van der Waals surface area contributed by atoms with E-state index in [1.807, 2.05) is 0 Å². The molecule has 12 rings (SSSR count). The highest BCUT2D eigenvalue weighted by Gasteiger charge is 2.18. The Labute approximate surface area is 323 Å². The number of benzene rings is 10. The minimum absolute atomic E-state index is 1.16. The van der Waals surface area contributed by atoms with Gasteiger partial charge in [0.15, 0.2) is 0 Å². The Balaban J connectivity index is 1.10. The molecule has 0 unspecified atom stereocenters. The van der Waals surface area contributed by atoms with Crippen LogP contribution in [0.15, 0.2) is 206 Å². The summed E-state index contributed by atoms with van der Waals surface area (Å²) >= 11 is 0. The van der Waals surface area contributed by atoms with E-state index in [1.54, 1.807) is 0 Å². The van der Waals surface area contributed by atoms with Gasteiger partial charge in [0.05, 0.1) is 22.1 Å². The number of aromatic nitrogens is 2. The Kier molecular flexibility index (Phi) is 6.66. The van der Waals surface area contributed by atoms with Crippen molar-refractivity contribution in [3.8, 4) is 33.6 Å². The minimum Gasteiger partial charge on any atom is -0.309 e. The zero-order chi connectivity index (χ0) is 36.7. The molecule has 2 heterocycles. The van der Waals surface area contributed by atoms with Crippen molar-refractivity contribution < 1.29 is 0 Å². The third-order valence-corrected chi connectivity index (χ3v) is 11.9. The molecule has 0 saturated heterocycles. The van der Waals surface area contributed by atoms with E-state index in [4.69, 9.17) is 0 Å². The number of hydrogen-bond acceptors (Lipinski definition) is 0. The maximum absolute atomic E-state index is 2.46. The molecule has 2 aromatic heterocycles. The van der Waals surface area contributed by atoms with Crippen molar-refractivity contribution >= 4 is 75.9 Å². The Morgan fingerprint density at radius 3 is 1.16 bits per heavy atom. The van der Waals surface area contributed by atoms with Crippen molar-refractivity contribution in [2.24, 2.45) is 0 Å². The summed E-state index contributed by atoms with van der Waals surface area (Å²) in [6.07, 6.45) is 0. The topological polar surface area (TPSA) is 9.86 Å². The van der Waals surface area contributed by atoms with Crippen LogP contribution in [0.4, 0.5) is 0 Å². The van der Waals surface area contributed by atoms with Crippen LogP contribution in [0.3, 0.4) is 0 Å². The SMILES string of the molecule is c1ccc(-c2ccc3c(c2)c2cc(-c4ccc5c(c4)c4ccccc4n5-c4ccccc4)ccc2n3-c2ccc3c4ccccc4c4ccccc4c3c2)cc1. The maximum Gasteiger partial charge on any atom is 0.0541 e. The summed E-state index contributed by atoms with van der Waals surface area (Å²) < 4.78 is 4.84. The van der Waals surface area contributed by atoms with E-state index < -0.39 is 0 Å². The molecule has 0 aliphatic heterocycles. The first kappa shape index (κ1) is 31.0. The van der Waals surface area contributed by atoms with E-state index in [1.165, 1.54) is 104 Å². The molecule has 0 N–H and O–H groups in total. The zero-order valence-electron chi connectivity index (χ0n) is 30.5. The lowest BCUT2D eigenvalue weighted by Gasteiger charge is -2.14. The fourth-order valence-electron chi connectivity index (χ4n) is 9.33. The van der Waals surface area contributed by atoms with Crippen molar-refractivity contribution in [1.29, 1.82) is 0 Å². The Morgan fingerprint density at radius 1 is 0.196 bits per heavy atom. The summed E-state index contributed by atoms with van der Waals surface area (Å²) in [4.78, 5) is 0. The second-order valence-corrected chi connectivity index (χ2v) is 14.9. The van der Waals surface area contributed by atoms with Gasteiger partial charge in [-0.05, 0) is 121 Å². The highest BCUT2D eigenvalue weighted by Crippen LogP contribution is 2.41. The largest absolute Gasteiger partial charge is 0.309 e. The predicted molar refractivity (Wildman–Crippen MR) is 239 cm³/mol. The number of fused-ring (bicyclic) bond motifs is 12. The first-order valence-corrected chi connectivity index (χ1v) is 19.3. The molecule has 0 saturated carbocycles. The molecule has 0 radical (unpaired) electrons. The lowest BCUT2D eigenvalue weighted by Crippen LogP contribution is -1.95. The Morgan fingerprint density at radius 2 is 0.589 bits per heavy atom. The van der Waals surface area contributed by atoms with Gasteiger partial charge in [0.1, 0.15) is 0 Å². The van der Waals surface area contributed by atoms with Crippen molar-refractivity contribution in [3.63, 3.8) is 0 Å². The first-order chi connectivity index (χ1) is 27.8. The second-order valence-electron chi connectivity index (χ2n) is 14.9. The molecular weight excluding hydrogens is 677 g/mol. The Bertz CT molecular complexity index is 3480. The van der Waals surface area contributed by atoms with E-state index in [2.05, 4.69) is 215 Å². The summed E-state index contributed by atoms with van der Waals surface area (Å²) in [6.45, 7) is 0. The van der Waals surface area contributed by atoms with Crippen LogP contribution in [-0.2, 0) is 0 Å². The lowest BCUT2D eigenvalue weighted by molar-refractivity contribution is 1.18. The normalized spacial score (nSPS) is 11.9. The molecular formula is C54H34N2. The summed E-state index contributed by atoms with van der Waals surface area (Å²) in [6, 6.07) is 75.8. The van der Waals surface area contributed by atoms with Crippen molar-refractivity contribution in [3.05, 3.63) is 206 Å². The van der Waals surface area contributed by atoms with Crippen molar-refractivity contribution in [1.82, 2.24) is 9.13 Å². The molecule has 260 valence electrons. The van der Waals surface area contributed by atoms with Gasteiger partial charge in [0, 0.05) is 32.9 Å². The van der Waals surface area contributed by atoms with Crippen LogP contribution in [0.1, 0.15) is 0 Å². The van der Waals surface area contributed by atoms with Crippen molar-refractivity contribution in [2.75, 3.05) is 0 Å². The highest BCUT2D eigenvalue weighted by molar-refractivity contribution is 6.25. The van der Waals surface area contributed by atoms with E-state index >= 15 is 0 Å². The van der Waals surface area contributed by atoms with E-state index in [-0.39, 0.29) is 0 Å². The first-order valence-electron chi connectivity index (χ1n) is 19.3. The summed E-state index contributed by atoms with van der Waals surface area (Å²) in [7, 11) is 0. The smallest absolute Gasteiger partial charge is 0.0541 e. The molecule has 56 heavy (non-hydrogen) atoms. The van der Waals surface area contributed by atoms with Gasteiger partial charge in [-0.3, -0.25) is 0 Å². The third kappa shape index (κ3) is 4.57. The van der Waals surface area contributed by atoms with Crippen LogP contribution in [0.5, 0.6) is 0 Å². The molecule has 0 bridgehead atoms. The average Bonchev–Trinajstić information content (AvgIpc) is 3.78. The lowest BCUT2D eigenvalue weighted by atomic mass is 9.94. The second kappa shape index (κ2) is 12.0. The van der Waals surface area contributed by atoms with Crippen LogP contribution in [-0.4, -0.2) is 9.13 Å². The fraction of sp³-hybridized carbons (Fsp3) is 0. The number of nitrogens with zero attached hydrogens (tertiary/aromatic N) is 2. The number of hydrogen-bond donors (Lipinski definition) is 0. The summed E-state index contributed by atoms with van der Waals surface area (Å²) in [5.74, 6) is 0. The van der Waals surface area contributed by atoms with Gasteiger partial charge >= 0.3 is 0 Å². The maximum atomic E-state index is 2.46. The molecule has 0 fully saturated rings. The van der Waals surface area contributed by atoms with Crippen LogP contribution in [0, 0.1) is 0 Å². The van der Waals surface area contributed by atoms with E-state index in [0.29, 0.717) is 0 Å². The average molecular weight is 711 g/mol. The van der Waals surface area contributed by atoms with Crippen molar-refractivity contribution in [2.45, 2.75) is 0 Å². The van der Waals surface area contributed by atoms with Crippen LogP contribution >= 0.6 is 0 Å². The standard InChI is InChI=1S/C54H34N2/c1-3-13-35(14-4-1)36-23-28-53-49(31-36)50-33-38(37-24-29-52-48(32-37)46-21-11-12-22-51(46)55(52)39-15-5-2-6-16-39)25-30-54(50)56(53)40-26-27-45-43-19-8-7-17-41(43)42-18-9-10-20-44(42)47(45)34-40/h1-34H. The molecule has 12 aromatic rings. The number of rotatable bonds is 4. The number of para-hydroxylation sites is 2.